The highest BCUT2D eigenvalue weighted by Crippen LogP contribution is 2.45. The molecular formula is C22H26F2OS. The minimum atomic E-state index is -2.57. The lowest BCUT2D eigenvalue weighted by Gasteiger charge is -2.36. The van der Waals surface area contributed by atoms with Crippen molar-refractivity contribution in [1.82, 2.24) is 0 Å². The molecule has 1 fully saturated rings. The second-order valence-corrected chi connectivity index (χ2v) is 7.97. The van der Waals surface area contributed by atoms with Gasteiger partial charge >= 0.3 is 0 Å². The summed E-state index contributed by atoms with van der Waals surface area (Å²) in [6, 6.07) is 7.61. The summed E-state index contributed by atoms with van der Waals surface area (Å²) in [5.41, 5.74) is 0.248. The molecule has 0 heterocycles. The normalized spacial score (nSPS) is 31.3. The van der Waals surface area contributed by atoms with Crippen molar-refractivity contribution in [1.29, 1.82) is 0 Å². The molecule has 0 aliphatic heterocycles. The van der Waals surface area contributed by atoms with E-state index in [1.54, 1.807) is 12.2 Å². The number of alkyl halides is 2. The third-order valence-electron chi connectivity index (χ3n) is 6.10. The number of carbonyl (C=O) groups excluding carboxylic acids is 1. The van der Waals surface area contributed by atoms with Gasteiger partial charge in [0.25, 0.3) is 6.43 Å². The van der Waals surface area contributed by atoms with Crippen LogP contribution in [0.25, 0.3) is 0 Å². The Kier molecular flexibility index (Phi) is 6.01. The smallest absolute Gasteiger partial charge is 0.255 e. The quantitative estimate of drug-likeness (QED) is 0.487. The van der Waals surface area contributed by atoms with Gasteiger partial charge < -0.3 is 0 Å². The summed E-state index contributed by atoms with van der Waals surface area (Å²) in [6.45, 7) is 2.22. The number of hydrogen-bond acceptors (Lipinski definition) is 1. The van der Waals surface area contributed by atoms with Crippen molar-refractivity contribution in [2.75, 3.05) is 0 Å². The van der Waals surface area contributed by atoms with Crippen LogP contribution >= 0.6 is 12.6 Å². The van der Waals surface area contributed by atoms with E-state index in [0.29, 0.717) is 11.5 Å². The Morgan fingerprint density at radius 1 is 1.15 bits per heavy atom. The Balaban J connectivity index is 1.96. The third kappa shape index (κ3) is 3.66. The van der Waals surface area contributed by atoms with E-state index >= 15 is 0 Å². The van der Waals surface area contributed by atoms with Gasteiger partial charge in [0, 0.05) is 0 Å². The van der Waals surface area contributed by atoms with Gasteiger partial charge in [0.05, 0.1) is 11.3 Å². The molecule has 0 atom stereocenters. The summed E-state index contributed by atoms with van der Waals surface area (Å²) in [5.74, 6) is 0.562. The highest BCUT2D eigenvalue weighted by atomic mass is 32.1. The van der Waals surface area contributed by atoms with Gasteiger partial charge in [0.1, 0.15) is 0 Å². The zero-order valence-electron chi connectivity index (χ0n) is 15.1. The van der Waals surface area contributed by atoms with Crippen molar-refractivity contribution in [3.8, 4) is 0 Å². The van der Waals surface area contributed by atoms with E-state index in [0.717, 1.165) is 24.3 Å². The number of hydrogen-bond donors (Lipinski definition) is 1. The fourth-order valence-electron chi connectivity index (χ4n) is 4.38. The molecule has 1 saturated carbocycles. The number of thiol groups is 1. The van der Waals surface area contributed by atoms with Gasteiger partial charge in [-0.25, -0.2) is 8.78 Å². The summed E-state index contributed by atoms with van der Waals surface area (Å²) >= 11 is 3.83. The van der Waals surface area contributed by atoms with Crippen LogP contribution < -0.4 is 0 Å². The van der Waals surface area contributed by atoms with E-state index in [4.69, 9.17) is 0 Å². The molecule has 2 aliphatic rings. The standard InChI is InChI=1S/C22H26F2OS/c1-2-15-7-9-16(10-8-15)18-5-3-4-6-19(18)22(21(23)24)13-11-17(12-14-22)20(25)26/h3-6,11-17,21H,2,7-10H2,1H3,(H,25,26). The van der Waals surface area contributed by atoms with E-state index in [2.05, 4.69) is 19.6 Å². The van der Waals surface area contributed by atoms with E-state index in [9.17, 15) is 13.6 Å². The van der Waals surface area contributed by atoms with Crippen LogP contribution in [0.1, 0.15) is 56.1 Å². The second-order valence-electron chi connectivity index (χ2n) is 7.53. The summed E-state index contributed by atoms with van der Waals surface area (Å²) in [5, 5.41) is -0.327. The largest absolute Gasteiger partial charge is 0.286 e. The van der Waals surface area contributed by atoms with Crippen LogP contribution in [0.2, 0.25) is 0 Å². The van der Waals surface area contributed by atoms with Crippen LogP contribution in [0.5, 0.6) is 0 Å². The molecule has 0 unspecified atom stereocenters. The molecule has 26 heavy (non-hydrogen) atoms. The monoisotopic (exact) mass is 376 g/mol. The van der Waals surface area contributed by atoms with Gasteiger partial charge in [0.15, 0.2) is 5.12 Å². The SMILES string of the molecule is CCC1CCC(c2ccccc2C2(C(F)F)C=CC(C(=O)S)C=C2)CC1. The second kappa shape index (κ2) is 8.08. The maximum absolute atomic E-state index is 14.2. The van der Waals surface area contributed by atoms with Gasteiger partial charge in [-0.3, -0.25) is 4.79 Å². The maximum atomic E-state index is 14.2. The van der Waals surface area contributed by atoms with Crippen LogP contribution in [0.3, 0.4) is 0 Å². The van der Waals surface area contributed by atoms with E-state index in [-0.39, 0.29) is 5.12 Å². The van der Waals surface area contributed by atoms with Crippen LogP contribution in [0.4, 0.5) is 8.78 Å². The highest BCUT2D eigenvalue weighted by molar-refractivity contribution is 7.96. The van der Waals surface area contributed by atoms with Crippen LogP contribution in [0.15, 0.2) is 48.6 Å². The molecule has 140 valence electrons. The average Bonchev–Trinajstić information content (AvgIpc) is 2.68. The van der Waals surface area contributed by atoms with Gasteiger partial charge in [-0.05, 0) is 48.6 Å². The van der Waals surface area contributed by atoms with Crippen molar-refractivity contribution in [2.24, 2.45) is 11.8 Å². The minimum absolute atomic E-state index is 0.327. The van der Waals surface area contributed by atoms with Crippen molar-refractivity contribution in [3.63, 3.8) is 0 Å². The van der Waals surface area contributed by atoms with Crippen molar-refractivity contribution in [2.45, 2.75) is 56.8 Å². The molecule has 0 N–H and O–H groups in total. The Morgan fingerprint density at radius 2 is 1.77 bits per heavy atom. The lowest BCUT2D eigenvalue weighted by Crippen LogP contribution is -2.34. The Morgan fingerprint density at radius 3 is 2.31 bits per heavy atom. The van der Waals surface area contributed by atoms with E-state index in [1.807, 2.05) is 24.3 Å². The molecule has 2 aliphatic carbocycles. The summed E-state index contributed by atoms with van der Waals surface area (Å²) in [6.07, 6.45) is 9.20. The van der Waals surface area contributed by atoms with Crippen LogP contribution in [-0.2, 0) is 10.2 Å². The molecule has 1 aromatic carbocycles. The summed E-state index contributed by atoms with van der Waals surface area (Å²) < 4.78 is 28.5. The number of carbonyl (C=O) groups is 1. The molecule has 0 aromatic heterocycles. The molecule has 4 heteroatoms. The predicted octanol–water partition coefficient (Wildman–Crippen LogP) is 6.07. The van der Waals surface area contributed by atoms with Gasteiger partial charge in [0.2, 0.25) is 0 Å². The van der Waals surface area contributed by atoms with Gasteiger partial charge in [-0.15, -0.1) is 12.6 Å². The Labute approximate surface area is 160 Å². The molecule has 1 aromatic rings. The number of allylic oxidation sites excluding steroid dienone is 4. The fourth-order valence-corrected chi connectivity index (χ4v) is 4.55. The molecule has 0 amide bonds. The lowest BCUT2D eigenvalue weighted by molar-refractivity contribution is -0.112. The van der Waals surface area contributed by atoms with Crippen LogP contribution in [0, 0.1) is 11.8 Å². The van der Waals surface area contributed by atoms with Crippen molar-refractivity contribution >= 4 is 17.7 Å². The zero-order valence-corrected chi connectivity index (χ0v) is 16.0. The predicted molar refractivity (Wildman–Crippen MR) is 105 cm³/mol. The fraction of sp³-hybridized carbons (Fsp3) is 0.500. The van der Waals surface area contributed by atoms with Crippen molar-refractivity contribution < 1.29 is 13.6 Å². The first-order valence-electron chi connectivity index (χ1n) is 9.47. The summed E-state index contributed by atoms with van der Waals surface area (Å²) in [4.78, 5) is 11.5. The minimum Gasteiger partial charge on any atom is -0.286 e. The summed E-state index contributed by atoms with van der Waals surface area (Å²) in [7, 11) is 0. The molecule has 0 bridgehead atoms. The first-order chi connectivity index (χ1) is 12.5. The Bertz CT molecular complexity index is 688. The van der Waals surface area contributed by atoms with Gasteiger partial charge in [-0.2, -0.15) is 0 Å². The maximum Gasteiger partial charge on any atom is 0.255 e. The average molecular weight is 377 g/mol. The number of rotatable bonds is 5. The van der Waals surface area contributed by atoms with E-state index in [1.165, 1.54) is 31.4 Å². The number of benzene rings is 1. The highest BCUT2D eigenvalue weighted by Gasteiger charge is 2.41. The molecule has 0 radical (unpaired) electrons. The molecule has 0 saturated heterocycles. The van der Waals surface area contributed by atoms with E-state index < -0.39 is 17.8 Å². The third-order valence-corrected chi connectivity index (χ3v) is 6.39. The lowest BCUT2D eigenvalue weighted by atomic mass is 9.69. The topological polar surface area (TPSA) is 17.1 Å². The van der Waals surface area contributed by atoms with Crippen molar-refractivity contribution in [3.05, 3.63) is 59.7 Å². The molecule has 0 spiro atoms. The molecule has 3 rings (SSSR count). The molecule has 1 nitrogen and oxygen atoms in total. The van der Waals surface area contributed by atoms with Gasteiger partial charge in [-0.1, -0.05) is 61.9 Å². The first kappa shape index (κ1) is 19.3. The Hall–Kier alpha value is -1.42. The van der Waals surface area contributed by atoms with Crippen LogP contribution in [-0.4, -0.2) is 11.5 Å². The molecular weight excluding hydrogens is 350 g/mol. The first-order valence-corrected chi connectivity index (χ1v) is 9.91. The number of halogens is 2. The zero-order chi connectivity index (χ0) is 18.7.